The summed E-state index contributed by atoms with van der Waals surface area (Å²) in [5, 5.41) is 3.29. The Bertz CT molecular complexity index is 299. The average molecular weight is 256 g/mol. The van der Waals surface area contributed by atoms with Crippen molar-refractivity contribution in [1.82, 2.24) is 5.32 Å². The number of rotatable bonds is 2. The minimum absolute atomic E-state index is 0.216. The summed E-state index contributed by atoms with van der Waals surface area (Å²) in [7, 11) is 1.99. The van der Waals surface area contributed by atoms with Gasteiger partial charge in [-0.3, -0.25) is 0 Å². The SMILES string of the molecule is CN[C@H]1CCO[C@@H]1c1ccc(Br)cc1. The summed E-state index contributed by atoms with van der Waals surface area (Å²) in [5.74, 6) is 0. The summed E-state index contributed by atoms with van der Waals surface area (Å²) in [4.78, 5) is 0. The van der Waals surface area contributed by atoms with E-state index in [0.717, 1.165) is 17.5 Å². The van der Waals surface area contributed by atoms with Crippen molar-refractivity contribution < 1.29 is 4.74 Å². The van der Waals surface area contributed by atoms with Crippen LogP contribution in [-0.4, -0.2) is 19.7 Å². The fourth-order valence-corrected chi connectivity index (χ4v) is 2.13. The fourth-order valence-electron chi connectivity index (χ4n) is 1.87. The number of ether oxygens (including phenoxy) is 1. The van der Waals surface area contributed by atoms with Crippen LogP contribution in [0.1, 0.15) is 18.1 Å². The molecule has 1 aliphatic heterocycles. The highest BCUT2D eigenvalue weighted by Gasteiger charge is 2.27. The van der Waals surface area contributed by atoms with E-state index < -0.39 is 0 Å². The van der Waals surface area contributed by atoms with Crippen molar-refractivity contribution in [3.05, 3.63) is 34.3 Å². The zero-order chi connectivity index (χ0) is 9.97. The number of hydrogen-bond acceptors (Lipinski definition) is 2. The maximum atomic E-state index is 5.70. The van der Waals surface area contributed by atoms with Crippen molar-refractivity contribution in [2.24, 2.45) is 0 Å². The van der Waals surface area contributed by atoms with Crippen LogP contribution in [0.15, 0.2) is 28.7 Å². The van der Waals surface area contributed by atoms with Gasteiger partial charge in [0.2, 0.25) is 0 Å². The quantitative estimate of drug-likeness (QED) is 0.877. The molecule has 1 saturated heterocycles. The minimum Gasteiger partial charge on any atom is -0.372 e. The van der Waals surface area contributed by atoms with Crippen molar-refractivity contribution >= 4 is 15.9 Å². The lowest BCUT2D eigenvalue weighted by molar-refractivity contribution is 0.100. The van der Waals surface area contributed by atoms with E-state index in [9.17, 15) is 0 Å². The second-order valence-corrected chi connectivity index (χ2v) is 4.44. The number of likely N-dealkylation sites (N-methyl/N-ethyl adjacent to an activating group) is 1. The maximum absolute atomic E-state index is 5.70. The van der Waals surface area contributed by atoms with Gasteiger partial charge in [0, 0.05) is 17.1 Å². The van der Waals surface area contributed by atoms with E-state index in [-0.39, 0.29) is 6.10 Å². The van der Waals surface area contributed by atoms with E-state index in [0.29, 0.717) is 6.04 Å². The van der Waals surface area contributed by atoms with E-state index >= 15 is 0 Å². The Morgan fingerprint density at radius 3 is 2.71 bits per heavy atom. The third-order valence-corrected chi connectivity index (χ3v) is 3.19. The van der Waals surface area contributed by atoms with Crippen LogP contribution in [0.25, 0.3) is 0 Å². The second kappa shape index (κ2) is 4.43. The monoisotopic (exact) mass is 255 g/mol. The third-order valence-electron chi connectivity index (χ3n) is 2.66. The molecule has 3 heteroatoms. The Morgan fingerprint density at radius 1 is 1.36 bits per heavy atom. The number of benzene rings is 1. The lowest BCUT2D eigenvalue weighted by atomic mass is 10.0. The van der Waals surface area contributed by atoms with E-state index in [2.05, 4.69) is 45.5 Å². The zero-order valence-corrected chi connectivity index (χ0v) is 9.75. The molecule has 0 radical (unpaired) electrons. The molecule has 1 N–H and O–H groups in total. The average Bonchev–Trinajstić information content (AvgIpc) is 2.67. The molecule has 0 spiro atoms. The molecule has 0 amide bonds. The zero-order valence-electron chi connectivity index (χ0n) is 8.16. The second-order valence-electron chi connectivity index (χ2n) is 3.53. The molecular formula is C11H14BrNO. The molecule has 2 nitrogen and oxygen atoms in total. The first kappa shape index (κ1) is 10.1. The maximum Gasteiger partial charge on any atom is 0.0978 e. The standard InChI is InChI=1S/C11H14BrNO/c1-13-10-6-7-14-11(10)8-2-4-9(12)5-3-8/h2-5,10-11,13H,6-7H2,1H3/t10-,11+/m0/s1. The molecule has 0 unspecified atom stereocenters. The Morgan fingerprint density at radius 2 is 2.07 bits per heavy atom. The largest absolute Gasteiger partial charge is 0.372 e. The smallest absolute Gasteiger partial charge is 0.0978 e. The Labute approximate surface area is 92.8 Å². The molecule has 1 aromatic rings. The van der Waals surface area contributed by atoms with Crippen molar-refractivity contribution in [1.29, 1.82) is 0 Å². The van der Waals surface area contributed by atoms with Crippen LogP contribution in [0.3, 0.4) is 0 Å². The summed E-state index contributed by atoms with van der Waals surface area (Å²) in [6.45, 7) is 0.853. The van der Waals surface area contributed by atoms with Gasteiger partial charge in [0.25, 0.3) is 0 Å². The van der Waals surface area contributed by atoms with E-state index in [1.807, 2.05) is 7.05 Å². The van der Waals surface area contributed by atoms with Gasteiger partial charge in [0.15, 0.2) is 0 Å². The lowest BCUT2D eigenvalue weighted by Crippen LogP contribution is -2.27. The molecule has 2 atom stereocenters. The predicted molar refractivity (Wildman–Crippen MR) is 60.3 cm³/mol. The van der Waals surface area contributed by atoms with Crippen molar-refractivity contribution in [2.75, 3.05) is 13.7 Å². The number of nitrogens with one attached hydrogen (secondary N) is 1. The molecule has 1 fully saturated rings. The summed E-state index contributed by atoms with van der Waals surface area (Å²) >= 11 is 3.43. The van der Waals surface area contributed by atoms with Crippen molar-refractivity contribution in [3.63, 3.8) is 0 Å². The van der Waals surface area contributed by atoms with Crippen LogP contribution in [0.2, 0.25) is 0 Å². The van der Waals surface area contributed by atoms with Gasteiger partial charge in [-0.05, 0) is 31.2 Å². The summed E-state index contributed by atoms with van der Waals surface area (Å²) in [5.41, 5.74) is 1.25. The highest BCUT2D eigenvalue weighted by molar-refractivity contribution is 9.10. The molecule has 2 rings (SSSR count). The fraction of sp³-hybridized carbons (Fsp3) is 0.455. The van der Waals surface area contributed by atoms with Gasteiger partial charge >= 0.3 is 0 Å². The topological polar surface area (TPSA) is 21.3 Å². The molecule has 0 bridgehead atoms. The molecule has 0 saturated carbocycles. The van der Waals surface area contributed by atoms with Crippen LogP contribution in [0.5, 0.6) is 0 Å². The molecule has 1 aromatic carbocycles. The minimum atomic E-state index is 0.216. The van der Waals surface area contributed by atoms with Gasteiger partial charge in [-0.15, -0.1) is 0 Å². The van der Waals surface area contributed by atoms with Crippen LogP contribution in [-0.2, 0) is 4.74 Å². The first-order chi connectivity index (χ1) is 6.81. The van der Waals surface area contributed by atoms with Crippen molar-refractivity contribution in [2.45, 2.75) is 18.6 Å². The van der Waals surface area contributed by atoms with Gasteiger partial charge in [-0.2, -0.15) is 0 Å². The van der Waals surface area contributed by atoms with Gasteiger partial charge < -0.3 is 10.1 Å². The van der Waals surface area contributed by atoms with Gasteiger partial charge in [-0.25, -0.2) is 0 Å². The molecule has 14 heavy (non-hydrogen) atoms. The van der Waals surface area contributed by atoms with Crippen LogP contribution >= 0.6 is 15.9 Å². The highest BCUT2D eigenvalue weighted by atomic mass is 79.9. The first-order valence-corrected chi connectivity index (χ1v) is 5.65. The molecular weight excluding hydrogens is 242 g/mol. The van der Waals surface area contributed by atoms with E-state index in [4.69, 9.17) is 4.74 Å². The van der Waals surface area contributed by atoms with Crippen molar-refractivity contribution in [3.8, 4) is 0 Å². The summed E-state index contributed by atoms with van der Waals surface area (Å²) < 4.78 is 6.82. The Hall–Kier alpha value is -0.380. The first-order valence-electron chi connectivity index (χ1n) is 4.85. The molecule has 1 aliphatic rings. The summed E-state index contributed by atoms with van der Waals surface area (Å²) in [6, 6.07) is 8.80. The van der Waals surface area contributed by atoms with E-state index in [1.54, 1.807) is 0 Å². The number of halogens is 1. The van der Waals surface area contributed by atoms with Gasteiger partial charge in [0.05, 0.1) is 6.10 Å². The van der Waals surface area contributed by atoms with Gasteiger partial charge in [-0.1, -0.05) is 28.1 Å². The highest BCUT2D eigenvalue weighted by Crippen LogP contribution is 2.29. The van der Waals surface area contributed by atoms with Crippen LogP contribution in [0, 0.1) is 0 Å². The third kappa shape index (κ3) is 2.00. The predicted octanol–water partition coefficient (Wildman–Crippen LogP) is 2.50. The molecule has 0 aromatic heterocycles. The van der Waals surface area contributed by atoms with Gasteiger partial charge in [0.1, 0.15) is 0 Å². The molecule has 0 aliphatic carbocycles. The van der Waals surface area contributed by atoms with Crippen LogP contribution < -0.4 is 5.32 Å². The Kier molecular flexibility index (Phi) is 3.21. The molecule has 1 heterocycles. The number of hydrogen-bond donors (Lipinski definition) is 1. The van der Waals surface area contributed by atoms with E-state index in [1.165, 1.54) is 5.56 Å². The Balaban J connectivity index is 2.17. The normalized spacial score (nSPS) is 26.7. The summed E-state index contributed by atoms with van der Waals surface area (Å²) in [6.07, 6.45) is 1.31. The lowest BCUT2D eigenvalue weighted by Gasteiger charge is -2.18. The molecule has 76 valence electrons. The van der Waals surface area contributed by atoms with Crippen LogP contribution in [0.4, 0.5) is 0 Å².